The second-order valence-corrected chi connectivity index (χ2v) is 5.56. The van der Waals surface area contributed by atoms with Crippen LogP contribution in [0.2, 0.25) is 0 Å². The summed E-state index contributed by atoms with van der Waals surface area (Å²) in [4.78, 5) is 13.4. The second kappa shape index (κ2) is 6.16. The van der Waals surface area contributed by atoms with E-state index < -0.39 is 0 Å². The first-order chi connectivity index (χ1) is 12.2. The van der Waals surface area contributed by atoms with Gasteiger partial charge < -0.3 is 9.84 Å². The van der Waals surface area contributed by atoms with E-state index in [9.17, 15) is 0 Å². The van der Waals surface area contributed by atoms with Crippen molar-refractivity contribution in [1.82, 2.24) is 29.9 Å². The van der Waals surface area contributed by atoms with Crippen molar-refractivity contribution >= 4 is 11.8 Å². The van der Waals surface area contributed by atoms with Crippen LogP contribution in [0.15, 0.2) is 53.5 Å². The lowest BCUT2D eigenvalue weighted by Gasteiger charge is -2.06. The average Bonchev–Trinajstić information content (AvgIpc) is 3.27. The number of nitrogens with one attached hydrogen (secondary N) is 1. The Morgan fingerprint density at radius 3 is 2.56 bits per heavy atom. The van der Waals surface area contributed by atoms with Gasteiger partial charge in [-0.25, -0.2) is 15.0 Å². The first-order valence-corrected chi connectivity index (χ1v) is 7.67. The number of nitrogens with zero attached hydrogens (tertiary/aromatic N) is 6. The topological polar surface area (TPSA) is 94.6 Å². The first-order valence-electron chi connectivity index (χ1n) is 7.67. The Hall–Kier alpha value is -3.55. The molecule has 4 aromatic rings. The fourth-order valence-electron chi connectivity index (χ4n) is 2.43. The number of aromatic nitrogens is 6. The van der Waals surface area contributed by atoms with Crippen molar-refractivity contribution in [3.8, 4) is 22.8 Å². The number of hydrogen-bond acceptors (Lipinski definition) is 7. The lowest BCUT2D eigenvalue weighted by Crippen LogP contribution is -2.00. The van der Waals surface area contributed by atoms with Crippen LogP contribution in [0.3, 0.4) is 0 Å². The van der Waals surface area contributed by atoms with Crippen molar-refractivity contribution in [2.75, 3.05) is 5.32 Å². The molecule has 0 saturated carbocycles. The van der Waals surface area contributed by atoms with E-state index in [1.165, 1.54) is 6.26 Å². The van der Waals surface area contributed by atoms with Gasteiger partial charge in [0.05, 0.1) is 17.1 Å². The lowest BCUT2D eigenvalue weighted by molar-refractivity contribution is 0.422. The molecule has 25 heavy (non-hydrogen) atoms. The maximum Gasteiger partial charge on any atom is 0.228 e. The lowest BCUT2D eigenvalue weighted by atomic mass is 10.1. The summed E-state index contributed by atoms with van der Waals surface area (Å²) in [5.74, 6) is 1.14. The zero-order valence-corrected chi connectivity index (χ0v) is 13.7. The molecule has 1 N–H and O–H groups in total. The van der Waals surface area contributed by atoms with Crippen LogP contribution in [-0.2, 0) is 7.05 Å². The van der Waals surface area contributed by atoms with Gasteiger partial charge in [0.1, 0.15) is 12.0 Å². The third-order valence-corrected chi connectivity index (χ3v) is 3.54. The molecule has 0 aliphatic rings. The van der Waals surface area contributed by atoms with E-state index in [0.29, 0.717) is 23.2 Å². The quantitative estimate of drug-likeness (QED) is 0.613. The molecule has 4 aromatic heterocycles. The summed E-state index contributed by atoms with van der Waals surface area (Å²) in [6.07, 6.45) is 5.06. The minimum absolute atomic E-state index is 0.461. The molecule has 8 heteroatoms. The molecule has 124 valence electrons. The van der Waals surface area contributed by atoms with E-state index in [-0.39, 0.29) is 0 Å². The van der Waals surface area contributed by atoms with Crippen LogP contribution in [0.1, 0.15) is 5.56 Å². The molecule has 0 radical (unpaired) electrons. The van der Waals surface area contributed by atoms with Crippen LogP contribution < -0.4 is 5.32 Å². The van der Waals surface area contributed by atoms with E-state index >= 15 is 0 Å². The van der Waals surface area contributed by atoms with E-state index in [1.54, 1.807) is 16.9 Å². The highest BCUT2D eigenvalue weighted by Gasteiger charge is 2.10. The van der Waals surface area contributed by atoms with E-state index in [0.717, 1.165) is 17.0 Å². The summed E-state index contributed by atoms with van der Waals surface area (Å²) in [5, 5.41) is 11.3. The maximum atomic E-state index is 4.91. The monoisotopic (exact) mass is 333 g/mol. The molecule has 0 atom stereocenters. The number of rotatable bonds is 4. The predicted octanol–water partition coefficient (Wildman–Crippen LogP) is 2.98. The molecule has 0 bridgehead atoms. The largest absolute Gasteiger partial charge is 0.364 e. The smallest absolute Gasteiger partial charge is 0.228 e. The Morgan fingerprint density at radius 2 is 1.84 bits per heavy atom. The average molecular weight is 333 g/mol. The molecule has 4 rings (SSSR count). The van der Waals surface area contributed by atoms with E-state index in [4.69, 9.17) is 4.52 Å². The van der Waals surface area contributed by atoms with E-state index in [1.807, 2.05) is 44.4 Å². The highest BCUT2D eigenvalue weighted by molar-refractivity contribution is 5.63. The van der Waals surface area contributed by atoms with Gasteiger partial charge in [0, 0.05) is 31.6 Å². The van der Waals surface area contributed by atoms with Gasteiger partial charge in [0.25, 0.3) is 0 Å². The van der Waals surface area contributed by atoms with Gasteiger partial charge in [0.2, 0.25) is 5.95 Å². The first kappa shape index (κ1) is 15.0. The molecule has 0 spiro atoms. The molecule has 0 unspecified atom stereocenters. The summed E-state index contributed by atoms with van der Waals surface area (Å²) in [5.41, 5.74) is 3.93. The molecule has 4 heterocycles. The van der Waals surface area contributed by atoms with E-state index in [2.05, 4.69) is 30.5 Å². The third kappa shape index (κ3) is 3.23. The molecule has 0 amide bonds. The molecule has 0 fully saturated rings. The van der Waals surface area contributed by atoms with Gasteiger partial charge in [-0.15, -0.1) is 0 Å². The standard InChI is InChI=1S/C17H15N7O/c1-11-9-14(19-15(10-11)13-5-8-25-23-13)12-3-6-18-17(20-12)21-16-4-7-24(2)22-16/h3-10H,1-2H3,(H,18,20,21,22). The van der Waals surface area contributed by atoms with Crippen molar-refractivity contribution in [3.63, 3.8) is 0 Å². The third-order valence-electron chi connectivity index (χ3n) is 3.54. The zero-order valence-electron chi connectivity index (χ0n) is 13.7. The summed E-state index contributed by atoms with van der Waals surface area (Å²) >= 11 is 0. The van der Waals surface area contributed by atoms with Crippen molar-refractivity contribution in [2.24, 2.45) is 7.05 Å². The van der Waals surface area contributed by atoms with Crippen molar-refractivity contribution in [1.29, 1.82) is 0 Å². The maximum absolute atomic E-state index is 4.91. The summed E-state index contributed by atoms with van der Waals surface area (Å²) in [6.45, 7) is 2.00. The van der Waals surface area contributed by atoms with Gasteiger partial charge >= 0.3 is 0 Å². The summed E-state index contributed by atoms with van der Waals surface area (Å²) in [7, 11) is 1.85. The van der Waals surface area contributed by atoms with Gasteiger partial charge in [-0.3, -0.25) is 4.68 Å². The predicted molar refractivity (Wildman–Crippen MR) is 92.0 cm³/mol. The Labute approximate surface area is 143 Å². The number of aryl methyl sites for hydroxylation is 2. The minimum Gasteiger partial charge on any atom is -0.364 e. The normalized spacial score (nSPS) is 10.8. The second-order valence-electron chi connectivity index (χ2n) is 5.56. The highest BCUT2D eigenvalue weighted by Crippen LogP contribution is 2.23. The van der Waals surface area contributed by atoms with Gasteiger partial charge in [-0.05, 0) is 30.7 Å². The van der Waals surface area contributed by atoms with Crippen LogP contribution in [-0.4, -0.2) is 29.9 Å². The summed E-state index contributed by atoms with van der Waals surface area (Å²) in [6, 6.07) is 9.37. The molecule has 0 aliphatic carbocycles. The van der Waals surface area contributed by atoms with Gasteiger partial charge in [0.15, 0.2) is 5.82 Å². The van der Waals surface area contributed by atoms with Crippen LogP contribution in [0.4, 0.5) is 11.8 Å². The Bertz CT molecular complexity index is 1010. The van der Waals surface area contributed by atoms with Crippen molar-refractivity contribution in [3.05, 3.63) is 54.6 Å². The van der Waals surface area contributed by atoms with Gasteiger partial charge in [-0.1, -0.05) is 5.16 Å². The van der Waals surface area contributed by atoms with Crippen molar-refractivity contribution in [2.45, 2.75) is 6.92 Å². The van der Waals surface area contributed by atoms with Crippen LogP contribution in [0.5, 0.6) is 0 Å². The Kier molecular flexibility index (Phi) is 3.70. The molecule has 0 aliphatic heterocycles. The van der Waals surface area contributed by atoms with Gasteiger partial charge in [-0.2, -0.15) is 5.10 Å². The molecular formula is C17H15N7O. The molecule has 0 saturated heterocycles. The van der Waals surface area contributed by atoms with Crippen molar-refractivity contribution < 1.29 is 4.52 Å². The molecule has 0 aromatic carbocycles. The van der Waals surface area contributed by atoms with Crippen LogP contribution in [0.25, 0.3) is 22.8 Å². The number of anilines is 2. The number of pyridine rings is 1. The zero-order chi connectivity index (χ0) is 17.2. The minimum atomic E-state index is 0.461. The highest BCUT2D eigenvalue weighted by atomic mass is 16.5. The molecule has 8 nitrogen and oxygen atoms in total. The molecular weight excluding hydrogens is 318 g/mol. The van der Waals surface area contributed by atoms with Crippen LogP contribution in [0, 0.1) is 6.92 Å². The summed E-state index contributed by atoms with van der Waals surface area (Å²) < 4.78 is 6.61. The van der Waals surface area contributed by atoms with Crippen LogP contribution >= 0.6 is 0 Å². The Balaban J connectivity index is 1.69. The number of hydrogen-bond donors (Lipinski definition) is 1. The fraction of sp³-hybridized carbons (Fsp3) is 0.118. The Morgan fingerprint density at radius 1 is 1.00 bits per heavy atom. The fourth-order valence-corrected chi connectivity index (χ4v) is 2.43. The SMILES string of the molecule is Cc1cc(-c2ccon2)nc(-c2ccnc(Nc3ccn(C)n3)n2)c1.